The highest BCUT2D eigenvalue weighted by atomic mass is 19.4. The highest BCUT2D eigenvalue weighted by Crippen LogP contribution is 2.37. The number of amides is 2. The summed E-state index contributed by atoms with van der Waals surface area (Å²) < 4.78 is 43.2. The second-order valence-corrected chi connectivity index (χ2v) is 9.23. The zero-order chi connectivity index (χ0) is 24.5. The van der Waals surface area contributed by atoms with Crippen molar-refractivity contribution in [3.63, 3.8) is 0 Å². The van der Waals surface area contributed by atoms with Gasteiger partial charge in [0.15, 0.2) is 0 Å². The minimum atomic E-state index is -5.27. The molecule has 1 aromatic carbocycles. The van der Waals surface area contributed by atoms with Gasteiger partial charge in [0.1, 0.15) is 0 Å². The first-order valence-electron chi connectivity index (χ1n) is 11.6. The molecule has 1 aliphatic heterocycles. The van der Waals surface area contributed by atoms with E-state index < -0.39 is 35.7 Å². The van der Waals surface area contributed by atoms with Crippen molar-refractivity contribution in [1.29, 1.82) is 0 Å². The number of carbonyl (C=O) groups excluding carboxylic acids is 3. The van der Waals surface area contributed by atoms with Crippen LogP contribution >= 0.6 is 0 Å². The van der Waals surface area contributed by atoms with Gasteiger partial charge < -0.3 is 15.0 Å². The Morgan fingerprint density at radius 2 is 1.79 bits per heavy atom. The molecule has 0 aromatic heterocycles. The molecule has 2 aliphatic carbocycles. The van der Waals surface area contributed by atoms with E-state index in [9.17, 15) is 27.6 Å². The monoisotopic (exact) mass is 479 g/mol. The lowest BCUT2D eigenvalue weighted by Crippen LogP contribution is -2.63. The minimum Gasteiger partial charge on any atom is -0.427 e. The predicted octanol–water partition coefficient (Wildman–Crippen LogP) is 2.98. The molecule has 3 N–H and O–H groups in total. The number of fused-ring (bicyclic) bond motifs is 1. The number of esters is 1. The molecule has 1 aromatic rings. The van der Waals surface area contributed by atoms with Crippen LogP contribution in [0.4, 0.5) is 18.9 Å². The van der Waals surface area contributed by atoms with E-state index in [2.05, 4.69) is 10.1 Å². The molecule has 2 fully saturated rings. The van der Waals surface area contributed by atoms with E-state index in [0.717, 1.165) is 30.5 Å². The molecule has 3 aliphatic rings. The largest absolute Gasteiger partial charge is 0.491 e. The van der Waals surface area contributed by atoms with Crippen LogP contribution in [0.2, 0.25) is 0 Å². The maximum absolute atomic E-state index is 13.1. The molecule has 7 nitrogen and oxygen atoms in total. The quantitative estimate of drug-likeness (QED) is 0.356. The van der Waals surface area contributed by atoms with E-state index in [-0.39, 0.29) is 11.8 Å². The summed E-state index contributed by atoms with van der Waals surface area (Å²) in [6, 6.07) is 6.99. The maximum atomic E-state index is 13.1. The Labute approximate surface area is 195 Å². The van der Waals surface area contributed by atoms with Crippen molar-refractivity contribution in [2.24, 2.45) is 17.6 Å². The highest BCUT2D eigenvalue weighted by molar-refractivity contribution is 6.03. The number of anilines is 1. The zero-order valence-corrected chi connectivity index (χ0v) is 18.6. The maximum Gasteiger partial charge on any atom is 0.491 e. The average Bonchev–Trinajstić information content (AvgIpc) is 3.31. The number of hydrogen-bond acceptors (Lipinski definition) is 5. The number of carbonyl (C=O) groups is 3. The fraction of sp³-hybridized carbons (Fsp3) is 0.542. The Balaban J connectivity index is 1.48. The van der Waals surface area contributed by atoms with E-state index in [1.165, 1.54) is 6.08 Å². The van der Waals surface area contributed by atoms with Crippen molar-refractivity contribution < 1.29 is 32.3 Å². The van der Waals surface area contributed by atoms with Gasteiger partial charge in [-0.25, -0.2) is 4.79 Å². The molecule has 2 atom stereocenters. The number of halogens is 3. The highest BCUT2D eigenvalue weighted by Gasteiger charge is 2.53. The summed E-state index contributed by atoms with van der Waals surface area (Å²) >= 11 is 0. The van der Waals surface area contributed by atoms with Crippen molar-refractivity contribution >= 4 is 23.5 Å². The molecular weight excluding hydrogens is 451 g/mol. The van der Waals surface area contributed by atoms with E-state index in [1.807, 2.05) is 24.3 Å². The summed E-state index contributed by atoms with van der Waals surface area (Å²) in [6.45, 7) is 0.546. The number of para-hydroxylation sites is 1. The van der Waals surface area contributed by atoms with Crippen LogP contribution in [0.15, 0.2) is 36.4 Å². The van der Waals surface area contributed by atoms with E-state index >= 15 is 0 Å². The standard InChI is InChI=1S/C24H28F3N3O4/c25-24(26,27)22(33)34-23(28,17-6-2-3-7-17)21(32)29-18(15-9-10-15)11-12-20(31)30-14-13-16-5-1-4-8-19(16)30/h1,4-5,8,11-12,15,17-18H,2-3,6-7,9-10,13-14,28H2,(H,29,32)/b12-11+/t18-,23+/m1/s1. The molecule has 2 amide bonds. The normalized spacial score (nSPS) is 21.2. The summed E-state index contributed by atoms with van der Waals surface area (Å²) in [4.78, 5) is 39.1. The third kappa shape index (κ3) is 5.11. The van der Waals surface area contributed by atoms with Crippen LogP contribution in [0.1, 0.15) is 44.1 Å². The van der Waals surface area contributed by atoms with Crippen LogP contribution in [-0.4, -0.2) is 42.3 Å². The summed E-state index contributed by atoms with van der Waals surface area (Å²) in [5, 5.41) is 2.65. The number of alkyl halides is 3. The van der Waals surface area contributed by atoms with Crippen molar-refractivity contribution in [1.82, 2.24) is 5.32 Å². The Kier molecular flexibility index (Phi) is 6.71. The van der Waals surface area contributed by atoms with E-state index in [1.54, 1.807) is 11.0 Å². The summed E-state index contributed by atoms with van der Waals surface area (Å²) in [5.41, 5.74) is 5.55. The van der Waals surface area contributed by atoms with Gasteiger partial charge in [-0.15, -0.1) is 0 Å². The summed E-state index contributed by atoms with van der Waals surface area (Å²) in [7, 11) is 0. The number of benzene rings is 1. The predicted molar refractivity (Wildman–Crippen MR) is 117 cm³/mol. The lowest BCUT2D eigenvalue weighted by molar-refractivity contribution is -0.218. The summed E-state index contributed by atoms with van der Waals surface area (Å²) in [5.74, 6) is -4.39. The van der Waals surface area contributed by atoms with Crippen LogP contribution < -0.4 is 16.0 Å². The van der Waals surface area contributed by atoms with Gasteiger partial charge in [0.2, 0.25) is 5.72 Å². The Morgan fingerprint density at radius 1 is 1.12 bits per heavy atom. The molecule has 2 saturated carbocycles. The average molecular weight is 479 g/mol. The van der Waals surface area contributed by atoms with Gasteiger partial charge in [0.25, 0.3) is 11.8 Å². The number of nitrogens with one attached hydrogen (secondary N) is 1. The lowest BCUT2D eigenvalue weighted by atomic mass is 9.93. The van der Waals surface area contributed by atoms with Crippen LogP contribution in [0.25, 0.3) is 0 Å². The topological polar surface area (TPSA) is 102 Å². The van der Waals surface area contributed by atoms with Gasteiger partial charge >= 0.3 is 12.1 Å². The van der Waals surface area contributed by atoms with Gasteiger partial charge in [-0.3, -0.25) is 15.3 Å². The molecule has 0 saturated heterocycles. The number of rotatable bonds is 7. The first-order valence-corrected chi connectivity index (χ1v) is 11.6. The number of nitrogens with zero attached hydrogens (tertiary/aromatic N) is 1. The fourth-order valence-corrected chi connectivity index (χ4v) is 4.77. The van der Waals surface area contributed by atoms with Crippen LogP contribution in [0, 0.1) is 11.8 Å². The third-order valence-corrected chi connectivity index (χ3v) is 6.84. The molecule has 34 heavy (non-hydrogen) atoms. The Bertz CT molecular complexity index is 986. The summed E-state index contributed by atoms with van der Waals surface area (Å²) in [6.07, 6.45) is 2.12. The van der Waals surface area contributed by atoms with Crippen LogP contribution in [0.5, 0.6) is 0 Å². The van der Waals surface area contributed by atoms with Crippen molar-refractivity contribution in [2.75, 3.05) is 11.4 Å². The number of ether oxygens (including phenoxy) is 1. The van der Waals surface area contributed by atoms with Crippen LogP contribution in [-0.2, 0) is 25.5 Å². The smallest absolute Gasteiger partial charge is 0.427 e. The second kappa shape index (κ2) is 9.40. The molecule has 1 heterocycles. The lowest BCUT2D eigenvalue weighted by Gasteiger charge is -2.34. The second-order valence-electron chi connectivity index (χ2n) is 9.23. The Morgan fingerprint density at radius 3 is 2.44 bits per heavy atom. The van der Waals surface area contributed by atoms with Crippen molar-refractivity contribution in [2.45, 2.75) is 62.9 Å². The molecule has 0 radical (unpaired) electrons. The minimum absolute atomic E-state index is 0.0324. The molecule has 0 unspecified atom stereocenters. The van der Waals surface area contributed by atoms with Gasteiger partial charge in [-0.2, -0.15) is 13.2 Å². The first kappa shape index (κ1) is 24.3. The van der Waals surface area contributed by atoms with Crippen LogP contribution in [0.3, 0.4) is 0 Å². The first-order chi connectivity index (χ1) is 16.1. The molecule has 184 valence electrons. The Hall–Kier alpha value is -2.88. The SMILES string of the molecule is N[C@@](OC(=O)C(F)(F)F)(C(=O)N[C@H](/C=C/C(=O)N1CCc2ccccc21)C1CC1)C1CCCC1. The number of hydrogen-bond donors (Lipinski definition) is 2. The van der Waals surface area contributed by atoms with Gasteiger partial charge in [-0.1, -0.05) is 37.1 Å². The van der Waals surface area contributed by atoms with Gasteiger partial charge in [0.05, 0.1) is 6.04 Å². The zero-order valence-electron chi connectivity index (χ0n) is 18.6. The molecule has 4 rings (SSSR count). The van der Waals surface area contributed by atoms with Gasteiger partial charge in [-0.05, 0) is 49.7 Å². The fourth-order valence-electron chi connectivity index (χ4n) is 4.77. The number of nitrogens with two attached hydrogens (primary N) is 1. The van der Waals surface area contributed by atoms with E-state index in [0.29, 0.717) is 32.2 Å². The molecule has 10 heteroatoms. The van der Waals surface area contributed by atoms with Gasteiger partial charge in [0, 0.05) is 24.2 Å². The molecule has 0 bridgehead atoms. The molecule has 0 spiro atoms. The molecular formula is C24H28F3N3O4. The third-order valence-electron chi connectivity index (χ3n) is 6.84. The van der Waals surface area contributed by atoms with Crippen molar-refractivity contribution in [3.05, 3.63) is 42.0 Å². The van der Waals surface area contributed by atoms with Crippen molar-refractivity contribution in [3.8, 4) is 0 Å². The van der Waals surface area contributed by atoms with E-state index in [4.69, 9.17) is 5.73 Å².